The van der Waals surface area contributed by atoms with Crippen LogP contribution >= 0.6 is 0 Å². The Hall–Kier alpha value is -2.75. The highest BCUT2D eigenvalue weighted by Crippen LogP contribution is 2.14. The molecular formula is C18H20N2O6S. The van der Waals surface area contributed by atoms with Gasteiger partial charge in [-0.3, -0.25) is 4.79 Å². The van der Waals surface area contributed by atoms with Gasteiger partial charge in [-0.1, -0.05) is 12.1 Å². The topological polar surface area (TPSA) is 125 Å². The van der Waals surface area contributed by atoms with E-state index in [2.05, 4.69) is 5.32 Å². The SMILES string of the molecule is COCc1cccc(C(=O)O[C@@H](C)C(=O)Nc2ccc(S(N)(=O)=O)cc2)c1. The van der Waals surface area contributed by atoms with Gasteiger partial charge in [0.25, 0.3) is 5.91 Å². The lowest BCUT2D eigenvalue weighted by atomic mass is 10.1. The molecular weight excluding hydrogens is 372 g/mol. The fourth-order valence-corrected chi connectivity index (χ4v) is 2.72. The van der Waals surface area contributed by atoms with Crippen molar-refractivity contribution in [1.82, 2.24) is 0 Å². The Morgan fingerprint density at radius 1 is 1.15 bits per heavy atom. The molecule has 144 valence electrons. The van der Waals surface area contributed by atoms with E-state index in [1.807, 2.05) is 6.07 Å². The Labute approximate surface area is 157 Å². The highest BCUT2D eigenvalue weighted by atomic mass is 32.2. The van der Waals surface area contributed by atoms with Crippen molar-refractivity contribution in [3.8, 4) is 0 Å². The number of hydrogen-bond acceptors (Lipinski definition) is 6. The van der Waals surface area contributed by atoms with Crippen molar-refractivity contribution >= 4 is 27.6 Å². The Morgan fingerprint density at radius 2 is 1.81 bits per heavy atom. The summed E-state index contributed by atoms with van der Waals surface area (Å²) in [6, 6.07) is 12.0. The number of hydrogen-bond donors (Lipinski definition) is 2. The van der Waals surface area contributed by atoms with Gasteiger partial charge in [-0.05, 0) is 48.9 Å². The van der Waals surface area contributed by atoms with Gasteiger partial charge in [0, 0.05) is 12.8 Å². The molecule has 0 unspecified atom stereocenters. The molecule has 0 fully saturated rings. The first-order valence-corrected chi connectivity index (χ1v) is 9.48. The number of nitrogens with one attached hydrogen (secondary N) is 1. The summed E-state index contributed by atoms with van der Waals surface area (Å²) in [6.45, 7) is 1.79. The summed E-state index contributed by atoms with van der Waals surface area (Å²) in [5.41, 5.74) is 1.46. The first-order chi connectivity index (χ1) is 12.7. The van der Waals surface area contributed by atoms with Crippen molar-refractivity contribution in [2.24, 2.45) is 5.14 Å². The Kier molecular flexibility index (Phi) is 6.67. The molecule has 0 aliphatic rings. The molecule has 0 spiro atoms. The normalized spacial score (nSPS) is 12.3. The van der Waals surface area contributed by atoms with Crippen molar-refractivity contribution in [3.05, 3.63) is 59.7 Å². The van der Waals surface area contributed by atoms with E-state index in [9.17, 15) is 18.0 Å². The van der Waals surface area contributed by atoms with E-state index in [1.54, 1.807) is 25.3 Å². The zero-order chi connectivity index (χ0) is 20.0. The van der Waals surface area contributed by atoms with Gasteiger partial charge in [0.15, 0.2) is 6.10 Å². The Bertz CT molecular complexity index is 925. The van der Waals surface area contributed by atoms with Crippen molar-refractivity contribution < 1.29 is 27.5 Å². The van der Waals surface area contributed by atoms with E-state index in [0.717, 1.165) is 5.56 Å². The minimum Gasteiger partial charge on any atom is -0.449 e. The van der Waals surface area contributed by atoms with Crippen LogP contribution in [-0.2, 0) is 30.9 Å². The van der Waals surface area contributed by atoms with Gasteiger partial charge < -0.3 is 14.8 Å². The third-order valence-corrected chi connectivity index (χ3v) is 4.51. The molecule has 8 nitrogen and oxygen atoms in total. The Balaban J connectivity index is 1.99. The molecule has 0 heterocycles. The maximum absolute atomic E-state index is 12.2. The highest BCUT2D eigenvalue weighted by Gasteiger charge is 2.19. The quantitative estimate of drug-likeness (QED) is 0.691. The minimum absolute atomic E-state index is 0.0732. The molecule has 0 radical (unpaired) electrons. The molecule has 27 heavy (non-hydrogen) atoms. The van der Waals surface area contributed by atoms with Gasteiger partial charge in [-0.25, -0.2) is 18.4 Å². The monoisotopic (exact) mass is 392 g/mol. The summed E-state index contributed by atoms with van der Waals surface area (Å²) in [5, 5.41) is 7.55. The van der Waals surface area contributed by atoms with Crippen LogP contribution in [0.25, 0.3) is 0 Å². The highest BCUT2D eigenvalue weighted by molar-refractivity contribution is 7.89. The summed E-state index contributed by atoms with van der Waals surface area (Å²) in [6.07, 6.45) is -1.05. The van der Waals surface area contributed by atoms with E-state index in [-0.39, 0.29) is 4.90 Å². The predicted octanol–water partition coefficient (Wildman–Crippen LogP) is 1.66. The third kappa shape index (κ3) is 5.88. The molecule has 2 aromatic rings. The number of sulfonamides is 1. The second kappa shape index (κ2) is 8.76. The molecule has 9 heteroatoms. The molecule has 1 atom stereocenters. The molecule has 0 aromatic heterocycles. The number of methoxy groups -OCH3 is 1. The third-order valence-electron chi connectivity index (χ3n) is 3.58. The molecule has 0 bridgehead atoms. The predicted molar refractivity (Wildman–Crippen MR) is 98.5 cm³/mol. The number of primary sulfonamides is 1. The minimum atomic E-state index is -3.81. The average molecular weight is 392 g/mol. The zero-order valence-electron chi connectivity index (χ0n) is 14.8. The lowest BCUT2D eigenvalue weighted by Crippen LogP contribution is -2.30. The van der Waals surface area contributed by atoms with Crippen LogP contribution in [0.3, 0.4) is 0 Å². The average Bonchev–Trinajstić information content (AvgIpc) is 2.62. The van der Waals surface area contributed by atoms with E-state index in [1.165, 1.54) is 31.2 Å². The van der Waals surface area contributed by atoms with Crippen LogP contribution < -0.4 is 10.5 Å². The first-order valence-electron chi connectivity index (χ1n) is 7.93. The van der Waals surface area contributed by atoms with Gasteiger partial charge in [0.1, 0.15) is 0 Å². The summed E-state index contributed by atoms with van der Waals surface area (Å²) < 4.78 is 32.6. The number of ether oxygens (including phenoxy) is 2. The lowest BCUT2D eigenvalue weighted by Gasteiger charge is -2.14. The fraction of sp³-hybridized carbons (Fsp3) is 0.222. The van der Waals surface area contributed by atoms with Crippen LogP contribution in [0.5, 0.6) is 0 Å². The van der Waals surface area contributed by atoms with Crippen LogP contribution in [0.15, 0.2) is 53.4 Å². The summed E-state index contributed by atoms with van der Waals surface area (Å²) >= 11 is 0. The maximum Gasteiger partial charge on any atom is 0.338 e. The lowest BCUT2D eigenvalue weighted by molar-refractivity contribution is -0.123. The number of rotatable bonds is 7. The van der Waals surface area contributed by atoms with Gasteiger partial charge >= 0.3 is 5.97 Å². The van der Waals surface area contributed by atoms with Crippen molar-refractivity contribution in [3.63, 3.8) is 0 Å². The van der Waals surface area contributed by atoms with Crippen LogP contribution in [0.4, 0.5) is 5.69 Å². The van der Waals surface area contributed by atoms with Crippen LogP contribution in [0, 0.1) is 0 Å². The number of amides is 1. The molecule has 3 N–H and O–H groups in total. The van der Waals surface area contributed by atoms with E-state index >= 15 is 0 Å². The molecule has 2 rings (SSSR count). The van der Waals surface area contributed by atoms with E-state index in [0.29, 0.717) is 17.9 Å². The number of esters is 1. The van der Waals surface area contributed by atoms with Crippen LogP contribution in [-0.4, -0.2) is 33.5 Å². The molecule has 0 aliphatic carbocycles. The van der Waals surface area contributed by atoms with Crippen molar-refractivity contribution in [2.45, 2.75) is 24.5 Å². The van der Waals surface area contributed by atoms with Gasteiger partial charge in [0.05, 0.1) is 17.1 Å². The standard InChI is InChI=1S/C18H20N2O6S/c1-12(26-18(22)14-5-3-4-13(10-14)11-25-2)17(21)20-15-6-8-16(9-7-15)27(19,23)24/h3-10,12H,11H2,1-2H3,(H,20,21)(H2,19,23,24)/t12-/m0/s1. The molecule has 0 aliphatic heterocycles. The zero-order valence-corrected chi connectivity index (χ0v) is 15.7. The number of carbonyl (C=O) groups excluding carboxylic acids is 2. The van der Waals surface area contributed by atoms with Crippen LogP contribution in [0.2, 0.25) is 0 Å². The second-order valence-electron chi connectivity index (χ2n) is 5.74. The second-order valence-corrected chi connectivity index (χ2v) is 7.30. The summed E-state index contributed by atoms with van der Waals surface area (Å²) in [4.78, 5) is 24.3. The maximum atomic E-state index is 12.2. The first kappa shape index (κ1) is 20.6. The van der Waals surface area contributed by atoms with E-state index < -0.39 is 28.0 Å². The van der Waals surface area contributed by atoms with Crippen molar-refractivity contribution in [2.75, 3.05) is 12.4 Å². The largest absolute Gasteiger partial charge is 0.449 e. The number of benzene rings is 2. The number of anilines is 1. The summed E-state index contributed by atoms with van der Waals surface area (Å²) in [7, 11) is -2.26. The van der Waals surface area contributed by atoms with Crippen molar-refractivity contribution in [1.29, 1.82) is 0 Å². The van der Waals surface area contributed by atoms with E-state index in [4.69, 9.17) is 14.6 Å². The van der Waals surface area contributed by atoms with Gasteiger partial charge in [-0.15, -0.1) is 0 Å². The Morgan fingerprint density at radius 3 is 2.41 bits per heavy atom. The summed E-state index contributed by atoms with van der Waals surface area (Å²) in [5.74, 6) is -1.19. The molecule has 1 amide bonds. The molecule has 0 saturated heterocycles. The van der Waals surface area contributed by atoms with Gasteiger partial charge in [-0.2, -0.15) is 0 Å². The van der Waals surface area contributed by atoms with Gasteiger partial charge in [0.2, 0.25) is 10.0 Å². The number of nitrogens with two attached hydrogens (primary N) is 1. The molecule has 2 aromatic carbocycles. The fourth-order valence-electron chi connectivity index (χ4n) is 2.21. The number of carbonyl (C=O) groups is 2. The smallest absolute Gasteiger partial charge is 0.338 e. The van der Waals surface area contributed by atoms with Crippen LogP contribution in [0.1, 0.15) is 22.8 Å². The molecule has 0 saturated carbocycles.